The summed E-state index contributed by atoms with van der Waals surface area (Å²) in [5, 5.41) is 12.7. The number of aliphatic hydroxyl groups is 1. The van der Waals surface area contributed by atoms with Crippen LogP contribution in [0.1, 0.15) is 25.5 Å². The number of hydrogen-bond donors (Lipinski definition) is 1. The first-order valence-electron chi connectivity index (χ1n) is 7.48. The van der Waals surface area contributed by atoms with E-state index in [-0.39, 0.29) is 12.6 Å². The van der Waals surface area contributed by atoms with E-state index < -0.39 is 0 Å². The van der Waals surface area contributed by atoms with Gasteiger partial charge >= 0.3 is 0 Å². The number of pyridine rings is 1. The molecule has 0 saturated carbocycles. The van der Waals surface area contributed by atoms with Crippen molar-refractivity contribution in [1.82, 2.24) is 14.9 Å². The van der Waals surface area contributed by atoms with Gasteiger partial charge in [0.05, 0.1) is 18.0 Å². The van der Waals surface area contributed by atoms with Crippen molar-refractivity contribution in [2.75, 3.05) is 13.2 Å². The summed E-state index contributed by atoms with van der Waals surface area (Å²) in [5.74, 6) is 0.553. The molecule has 0 aliphatic carbocycles. The molecule has 5 heteroatoms. The number of hydrogen-bond acceptors (Lipinski definition) is 5. The molecule has 21 heavy (non-hydrogen) atoms. The van der Waals surface area contributed by atoms with Crippen molar-refractivity contribution in [3.05, 3.63) is 35.5 Å². The second kappa shape index (κ2) is 6.64. The van der Waals surface area contributed by atoms with Crippen LogP contribution < -0.4 is 0 Å². The quantitative estimate of drug-likeness (QED) is 0.943. The molecule has 1 aliphatic rings. The van der Waals surface area contributed by atoms with Gasteiger partial charge in [-0.1, -0.05) is 13.0 Å². The SMILES string of the molecule is CC1CCCN(Cc2csc(-c3ccccn3)n2)C1CO. The molecule has 0 amide bonds. The Morgan fingerprint density at radius 2 is 2.33 bits per heavy atom. The summed E-state index contributed by atoms with van der Waals surface area (Å²) in [6.07, 6.45) is 4.21. The predicted molar refractivity (Wildman–Crippen MR) is 85.0 cm³/mol. The topological polar surface area (TPSA) is 49.2 Å². The Bertz CT molecular complexity index is 572. The summed E-state index contributed by atoms with van der Waals surface area (Å²) >= 11 is 1.64. The van der Waals surface area contributed by atoms with E-state index in [1.54, 1.807) is 17.5 Å². The van der Waals surface area contributed by atoms with Gasteiger partial charge in [0, 0.05) is 24.2 Å². The van der Waals surface area contributed by atoms with Crippen molar-refractivity contribution < 1.29 is 5.11 Å². The molecule has 3 rings (SSSR count). The number of nitrogens with zero attached hydrogens (tertiary/aromatic N) is 3. The third-order valence-electron chi connectivity index (χ3n) is 4.22. The van der Waals surface area contributed by atoms with Gasteiger partial charge in [0.1, 0.15) is 5.01 Å². The molecule has 0 bridgehead atoms. The molecule has 1 aliphatic heterocycles. The van der Waals surface area contributed by atoms with E-state index >= 15 is 0 Å². The third-order valence-corrected chi connectivity index (χ3v) is 5.13. The van der Waals surface area contributed by atoms with Crippen LogP contribution in [0.4, 0.5) is 0 Å². The van der Waals surface area contributed by atoms with Gasteiger partial charge in [-0.2, -0.15) is 0 Å². The molecule has 1 fully saturated rings. The fourth-order valence-electron chi connectivity index (χ4n) is 3.02. The molecule has 3 heterocycles. The summed E-state index contributed by atoms with van der Waals surface area (Å²) in [6, 6.07) is 6.15. The van der Waals surface area contributed by atoms with Crippen LogP contribution >= 0.6 is 11.3 Å². The number of aliphatic hydroxyl groups excluding tert-OH is 1. The Morgan fingerprint density at radius 1 is 1.43 bits per heavy atom. The first-order chi connectivity index (χ1) is 10.3. The van der Waals surface area contributed by atoms with Gasteiger partial charge in [-0.3, -0.25) is 9.88 Å². The molecule has 112 valence electrons. The van der Waals surface area contributed by atoms with E-state index in [9.17, 15) is 5.11 Å². The number of thiazole rings is 1. The van der Waals surface area contributed by atoms with Crippen molar-refractivity contribution in [2.24, 2.45) is 5.92 Å². The first-order valence-corrected chi connectivity index (χ1v) is 8.36. The summed E-state index contributed by atoms with van der Waals surface area (Å²) in [7, 11) is 0. The second-order valence-corrected chi connectivity index (χ2v) is 6.56. The van der Waals surface area contributed by atoms with Gasteiger partial charge in [0.2, 0.25) is 0 Å². The molecule has 2 atom stereocenters. The van der Waals surface area contributed by atoms with Crippen LogP contribution in [0.15, 0.2) is 29.8 Å². The first kappa shape index (κ1) is 14.6. The molecule has 1 N–H and O–H groups in total. The van der Waals surface area contributed by atoms with Crippen LogP contribution in [-0.4, -0.2) is 39.2 Å². The molecule has 2 aromatic rings. The average molecular weight is 303 g/mol. The Kier molecular flexibility index (Phi) is 4.63. The van der Waals surface area contributed by atoms with Crippen LogP contribution in [0.3, 0.4) is 0 Å². The van der Waals surface area contributed by atoms with Gasteiger partial charge in [-0.05, 0) is 37.4 Å². The van der Waals surface area contributed by atoms with Crippen molar-refractivity contribution >= 4 is 11.3 Å². The largest absolute Gasteiger partial charge is 0.395 e. The van der Waals surface area contributed by atoms with Crippen LogP contribution in [0.5, 0.6) is 0 Å². The monoisotopic (exact) mass is 303 g/mol. The van der Waals surface area contributed by atoms with Gasteiger partial charge in [0.15, 0.2) is 0 Å². The smallest absolute Gasteiger partial charge is 0.142 e. The Balaban J connectivity index is 1.72. The van der Waals surface area contributed by atoms with E-state index in [0.29, 0.717) is 5.92 Å². The Labute approximate surface area is 129 Å². The fraction of sp³-hybridized carbons (Fsp3) is 0.500. The maximum atomic E-state index is 9.62. The van der Waals surface area contributed by atoms with E-state index in [1.165, 1.54) is 12.8 Å². The number of aromatic nitrogens is 2. The normalized spacial score (nSPS) is 23.3. The van der Waals surface area contributed by atoms with Gasteiger partial charge in [0.25, 0.3) is 0 Å². The second-order valence-electron chi connectivity index (χ2n) is 5.70. The third kappa shape index (κ3) is 3.31. The Hall–Kier alpha value is -1.30. The lowest BCUT2D eigenvalue weighted by atomic mass is 9.91. The highest BCUT2D eigenvalue weighted by atomic mass is 32.1. The minimum atomic E-state index is 0.235. The fourth-order valence-corrected chi connectivity index (χ4v) is 3.81. The maximum Gasteiger partial charge on any atom is 0.142 e. The summed E-state index contributed by atoms with van der Waals surface area (Å²) < 4.78 is 0. The van der Waals surface area contributed by atoms with Crippen molar-refractivity contribution in [3.63, 3.8) is 0 Å². The molecule has 0 spiro atoms. The van der Waals surface area contributed by atoms with Crippen molar-refractivity contribution in [1.29, 1.82) is 0 Å². The molecule has 0 aromatic carbocycles. The van der Waals surface area contributed by atoms with E-state index in [0.717, 1.165) is 29.5 Å². The van der Waals surface area contributed by atoms with Crippen molar-refractivity contribution in [2.45, 2.75) is 32.4 Å². The summed E-state index contributed by atoms with van der Waals surface area (Å²) in [4.78, 5) is 11.4. The molecule has 2 aromatic heterocycles. The van der Waals surface area contributed by atoms with Gasteiger partial charge < -0.3 is 5.11 Å². The zero-order chi connectivity index (χ0) is 14.7. The molecule has 2 unspecified atom stereocenters. The summed E-state index contributed by atoms with van der Waals surface area (Å²) in [6.45, 7) is 4.33. The summed E-state index contributed by atoms with van der Waals surface area (Å²) in [5.41, 5.74) is 2.01. The molecule has 0 radical (unpaired) electrons. The van der Waals surface area contributed by atoms with Crippen LogP contribution in [0.2, 0.25) is 0 Å². The highest BCUT2D eigenvalue weighted by Crippen LogP contribution is 2.26. The number of likely N-dealkylation sites (tertiary alicyclic amines) is 1. The minimum absolute atomic E-state index is 0.235. The molecular weight excluding hydrogens is 282 g/mol. The minimum Gasteiger partial charge on any atom is -0.395 e. The molecular formula is C16H21N3OS. The zero-order valence-electron chi connectivity index (χ0n) is 12.3. The van der Waals surface area contributed by atoms with E-state index in [4.69, 9.17) is 4.98 Å². The number of piperidine rings is 1. The van der Waals surface area contributed by atoms with E-state index in [1.807, 2.05) is 18.2 Å². The van der Waals surface area contributed by atoms with E-state index in [2.05, 4.69) is 22.2 Å². The zero-order valence-corrected chi connectivity index (χ0v) is 13.1. The van der Waals surface area contributed by atoms with Crippen LogP contribution in [0, 0.1) is 5.92 Å². The van der Waals surface area contributed by atoms with Gasteiger partial charge in [-0.15, -0.1) is 11.3 Å². The predicted octanol–water partition coefficient (Wildman–Crippen LogP) is 2.80. The lowest BCUT2D eigenvalue weighted by Gasteiger charge is -2.38. The lowest BCUT2D eigenvalue weighted by molar-refractivity contribution is 0.0465. The average Bonchev–Trinajstić information content (AvgIpc) is 2.97. The lowest BCUT2D eigenvalue weighted by Crippen LogP contribution is -2.46. The highest BCUT2D eigenvalue weighted by molar-refractivity contribution is 7.13. The van der Waals surface area contributed by atoms with Crippen LogP contribution in [-0.2, 0) is 6.54 Å². The highest BCUT2D eigenvalue weighted by Gasteiger charge is 2.28. The standard InChI is InChI=1S/C16H21N3OS/c1-12-5-4-8-19(15(12)10-20)9-13-11-21-16(18-13)14-6-2-3-7-17-14/h2-3,6-7,11-12,15,20H,4-5,8-10H2,1H3. The van der Waals surface area contributed by atoms with Crippen LogP contribution in [0.25, 0.3) is 10.7 Å². The van der Waals surface area contributed by atoms with Crippen molar-refractivity contribution in [3.8, 4) is 10.7 Å². The number of rotatable bonds is 4. The Morgan fingerprint density at radius 3 is 3.10 bits per heavy atom. The molecule has 4 nitrogen and oxygen atoms in total. The maximum absolute atomic E-state index is 9.62. The molecule has 1 saturated heterocycles. The van der Waals surface area contributed by atoms with Gasteiger partial charge in [-0.25, -0.2) is 4.98 Å².